The number of amides is 2. The molecule has 32 heavy (non-hydrogen) atoms. The van der Waals surface area contributed by atoms with Crippen molar-refractivity contribution in [3.63, 3.8) is 0 Å². The minimum Gasteiger partial charge on any atom is -0.322 e. The van der Waals surface area contributed by atoms with E-state index >= 15 is 0 Å². The third-order valence-electron chi connectivity index (χ3n) is 5.01. The number of aliphatic imine (C=N–C) groups is 1. The molecule has 0 bridgehead atoms. The Morgan fingerprint density at radius 1 is 0.906 bits per heavy atom. The molecule has 0 fully saturated rings. The molecule has 1 aliphatic heterocycles. The Hall–Kier alpha value is -4.10. The third-order valence-corrected chi connectivity index (χ3v) is 6.12. The van der Waals surface area contributed by atoms with E-state index in [9.17, 15) is 9.59 Å². The maximum Gasteiger partial charge on any atom is 0.269 e. The smallest absolute Gasteiger partial charge is 0.269 e. The summed E-state index contributed by atoms with van der Waals surface area (Å²) in [6, 6.07) is 26.3. The number of rotatable bonds is 4. The van der Waals surface area contributed by atoms with Crippen molar-refractivity contribution in [3.05, 3.63) is 107 Å². The minimum atomic E-state index is -1.06. The molecule has 6 nitrogen and oxygen atoms in total. The zero-order valence-electron chi connectivity index (χ0n) is 16.9. The number of hydrogen-bond acceptors (Lipinski definition) is 5. The van der Waals surface area contributed by atoms with Gasteiger partial charge >= 0.3 is 0 Å². The number of nitrogens with zero attached hydrogens (tertiary/aromatic N) is 2. The second-order valence-corrected chi connectivity index (χ2v) is 8.22. The summed E-state index contributed by atoms with van der Waals surface area (Å²) in [7, 11) is 0. The van der Waals surface area contributed by atoms with Crippen LogP contribution in [0.3, 0.4) is 0 Å². The van der Waals surface area contributed by atoms with Gasteiger partial charge in [0.05, 0.1) is 26.8 Å². The topological polar surface area (TPSA) is 83.5 Å². The summed E-state index contributed by atoms with van der Waals surface area (Å²) in [4.78, 5) is 36.2. The molecule has 3 heterocycles. The number of benzene rings is 2. The number of hydrogen-bond donors (Lipinski definition) is 2. The number of nitrogens with one attached hydrogen (secondary N) is 2. The Balaban J connectivity index is 1.46. The first-order valence-electron chi connectivity index (χ1n) is 10.0. The summed E-state index contributed by atoms with van der Waals surface area (Å²) >= 11 is 1.32. The fraction of sp³-hybridized carbons (Fsp3) is 0.0400. The van der Waals surface area contributed by atoms with Crippen molar-refractivity contribution in [2.45, 2.75) is 6.17 Å². The molecule has 0 radical (unpaired) electrons. The predicted molar refractivity (Wildman–Crippen MR) is 126 cm³/mol. The van der Waals surface area contributed by atoms with Gasteiger partial charge in [0.1, 0.15) is 0 Å². The quantitative estimate of drug-likeness (QED) is 0.497. The normalized spacial score (nSPS) is 15.2. The molecule has 2 amide bonds. The number of aromatic nitrogens is 1. The van der Waals surface area contributed by atoms with E-state index in [4.69, 9.17) is 0 Å². The summed E-state index contributed by atoms with van der Waals surface area (Å²) in [6.07, 6.45) is 0.646. The number of fused-ring (bicyclic) bond motifs is 1. The molecule has 5 rings (SSSR count). The molecular weight excluding hydrogens is 420 g/mol. The van der Waals surface area contributed by atoms with Gasteiger partial charge in [0.15, 0.2) is 0 Å². The van der Waals surface area contributed by atoms with Gasteiger partial charge in [0.2, 0.25) is 6.17 Å². The maximum absolute atomic E-state index is 13.0. The third kappa shape index (κ3) is 3.93. The lowest BCUT2D eigenvalue weighted by atomic mass is 10.0. The fourth-order valence-electron chi connectivity index (χ4n) is 3.48. The number of benzodiazepines with no additional fused rings is 1. The molecule has 4 aromatic rings. The number of anilines is 1. The Bertz CT molecular complexity index is 1320. The zero-order chi connectivity index (χ0) is 21.9. The molecule has 1 aliphatic rings. The van der Waals surface area contributed by atoms with Crippen molar-refractivity contribution in [3.8, 4) is 10.6 Å². The van der Waals surface area contributed by atoms with Crippen LogP contribution in [0, 0.1) is 0 Å². The van der Waals surface area contributed by atoms with Crippen LogP contribution in [-0.4, -0.2) is 28.7 Å². The van der Waals surface area contributed by atoms with E-state index in [1.165, 1.54) is 11.3 Å². The lowest BCUT2D eigenvalue weighted by Gasteiger charge is -2.12. The lowest BCUT2D eigenvalue weighted by molar-refractivity contribution is -0.117. The van der Waals surface area contributed by atoms with Crippen molar-refractivity contribution in [2.24, 2.45) is 4.99 Å². The van der Waals surface area contributed by atoms with E-state index in [0.29, 0.717) is 16.3 Å². The second kappa shape index (κ2) is 8.56. The Kier molecular flexibility index (Phi) is 5.31. The highest BCUT2D eigenvalue weighted by Gasteiger charge is 2.27. The molecule has 156 valence electrons. The summed E-state index contributed by atoms with van der Waals surface area (Å²) in [6.45, 7) is 0. The highest BCUT2D eigenvalue weighted by molar-refractivity contribution is 7.17. The predicted octanol–water partition coefficient (Wildman–Crippen LogP) is 4.36. The van der Waals surface area contributed by atoms with Crippen molar-refractivity contribution >= 4 is 34.6 Å². The summed E-state index contributed by atoms with van der Waals surface area (Å²) in [5, 5.41) is 5.66. The molecule has 0 spiro atoms. The highest BCUT2D eigenvalue weighted by atomic mass is 32.1. The Morgan fingerprint density at radius 2 is 1.69 bits per heavy atom. The summed E-state index contributed by atoms with van der Waals surface area (Å²) < 4.78 is 0. The minimum absolute atomic E-state index is 0.362. The van der Waals surface area contributed by atoms with E-state index in [2.05, 4.69) is 20.6 Å². The van der Waals surface area contributed by atoms with Gasteiger partial charge in [0.25, 0.3) is 11.8 Å². The monoisotopic (exact) mass is 438 g/mol. The van der Waals surface area contributed by atoms with Gasteiger partial charge in [-0.2, -0.15) is 0 Å². The number of thiophene rings is 1. The van der Waals surface area contributed by atoms with Crippen molar-refractivity contribution in [1.82, 2.24) is 10.3 Å². The number of carbonyl (C=O) groups excluding carboxylic acids is 2. The maximum atomic E-state index is 13.0. The molecule has 0 saturated carbocycles. The van der Waals surface area contributed by atoms with Gasteiger partial charge in [-0.05, 0) is 30.3 Å². The van der Waals surface area contributed by atoms with E-state index < -0.39 is 12.1 Å². The second-order valence-electron chi connectivity index (χ2n) is 7.13. The SMILES string of the molecule is O=C(NC1N=C(c2ccccc2)c2ccccc2NC1=O)c1ccc(-c2ccccn2)s1. The summed E-state index contributed by atoms with van der Waals surface area (Å²) in [5.74, 6) is -0.752. The Labute approximate surface area is 188 Å². The van der Waals surface area contributed by atoms with Crippen LogP contribution in [0.25, 0.3) is 10.6 Å². The van der Waals surface area contributed by atoms with Crippen LogP contribution in [-0.2, 0) is 4.79 Å². The largest absolute Gasteiger partial charge is 0.322 e. The molecule has 2 aromatic heterocycles. The number of pyridine rings is 1. The van der Waals surface area contributed by atoms with Crippen LogP contribution in [0.15, 0.2) is 96.1 Å². The van der Waals surface area contributed by atoms with Crippen LogP contribution >= 0.6 is 11.3 Å². The lowest BCUT2D eigenvalue weighted by Crippen LogP contribution is -2.42. The molecule has 0 saturated heterocycles. The molecule has 0 aliphatic carbocycles. The molecular formula is C25H18N4O2S. The average molecular weight is 439 g/mol. The number of carbonyl (C=O) groups is 2. The van der Waals surface area contributed by atoms with E-state index in [0.717, 1.165) is 21.7 Å². The van der Waals surface area contributed by atoms with Crippen LogP contribution in [0.2, 0.25) is 0 Å². The van der Waals surface area contributed by atoms with Crippen LogP contribution < -0.4 is 10.6 Å². The standard InChI is InChI=1S/C25H18N4O2S/c30-24(21-14-13-20(32-21)19-12-6-7-15-26-19)29-23-25(31)27-18-11-5-4-10-17(18)22(28-23)16-8-2-1-3-9-16/h1-15,23H,(H,27,31)(H,29,30). The Morgan fingerprint density at radius 3 is 2.50 bits per heavy atom. The van der Waals surface area contributed by atoms with Gasteiger partial charge in [-0.1, -0.05) is 54.6 Å². The molecule has 2 N–H and O–H groups in total. The van der Waals surface area contributed by atoms with Crippen molar-refractivity contribution in [1.29, 1.82) is 0 Å². The first-order valence-corrected chi connectivity index (χ1v) is 10.9. The average Bonchev–Trinajstić information content (AvgIpc) is 3.29. The van der Waals surface area contributed by atoms with Crippen molar-refractivity contribution < 1.29 is 9.59 Å². The number of para-hydroxylation sites is 1. The summed E-state index contributed by atoms with van der Waals surface area (Å²) in [5.41, 5.74) is 3.76. The fourth-order valence-corrected chi connectivity index (χ4v) is 4.37. The molecule has 1 unspecified atom stereocenters. The highest BCUT2D eigenvalue weighted by Crippen LogP contribution is 2.27. The van der Waals surface area contributed by atoms with Crippen molar-refractivity contribution in [2.75, 3.05) is 5.32 Å². The van der Waals surface area contributed by atoms with Gasteiger partial charge in [-0.25, -0.2) is 4.99 Å². The molecule has 2 aromatic carbocycles. The van der Waals surface area contributed by atoms with E-state index in [-0.39, 0.29) is 5.91 Å². The van der Waals surface area contributed by atoms with E-state index in [1.54, 1.807) is 12.3 Å². The van der Waals surface area contributed by atoms with Crippen LogP contribution in [0.4, 0.5) is 5.69 Å². The first kappa shape index (κ1) is 19.8. The molecule has 7 heteroatoms. The van der Waals surface area contributed by atoms with Gasteiger partial charge in [-0.3, -0.25) is 14.6 Å². The van der Waals surface area contributed by atoms with Gasteiger partial charge in [-0.15, -0.1) is 11.3 Å². The van der Waals surface area contributed by atoms with E-state index in [1.807, 2.05) is 78.9 Å². The molecule has 1 atom stereocenters. The zero-order valence-corrected chi connectivity index (χ0v) is 17.7. The van der Waals surface area contributed by atoms with Gasteiger partial charge in [0, 0.05) is 17.3 Å². The van der Waals surface area contributed by atoms with Gasteiger partial charge < -0.3 is 10.6 Å². The van der Waals surface area contributed by atoms with Crippen LogP contribution in [0.1, 0.15) is 20.8 Å². The van der Waals surface area contributed by atoms with Crippen LogP contribution in [0.5, 0.6) is 0 Å². The first-order chi connectivity index (χ1) is 15.7.